The zero-order valence-electron chi connectivity index (χ0n) is 9.97. The second-order valence-electron chi connectivity index (χ2n) is 4.34. The molecule has 0 atom stereocenters. The number of hydrogen-bond donors (Lipinski definition) is 0. The van der Waals surface area contributed by atoms with Crippen LogP contribution in [0.5, 0.6) is 0 Å². The Kier molecular flexibility index (Phi) is 4.00. The Bertz CT molecular complexity index is 555. The van der Waals surface area contributed by atoms with Crippen LogP contribution in [0.3, 0.4) is 0 Å². The van der Waals surface area contributed by atoms with E-state index >= 15 is 0 Å². The first-order valence-corrected chi connectivity index (χ1v) is 6.61. The van der Waals surface area contributed by atoms with Gasteiger partial charge in [-0.2, -0.15) is 5.26 Å². The van der Waals surface area contributed by atoms with Crippen molar-refractivity contribution in [1.29, 1.82) is 5.26 Å². The molecule has 0 spiro atoms. The lowest BCUT2D eigenvalue weighted by atomic mass is 10.2. The number of halogens is 2. The molecule has 0 amide bonds. The van der Waals surface area contributed by atoms with E-state index in [1.54, 1.807) is 0 Å². The Morgan fingerprint density at radius 3 is 2.79 bits per heavy atom. The summed E-state index contributed by atoms with van der Waals surface area (Å²) in [6.07, 6.45) is 2.16. The number of nitriles is 1. The molecule has 0 N–H and O–H groups in total. The highest BCUT2D eigenvalue weighted by Crippen LogP contribution is 2.39. The first kappa shape index (κ1) is 13.7. The number of nitro benzene ring substituents is 1. The SMILES string of the molecule is N#CCCN(c1cc(Br)c(F)cc1[N+](=O)[O-])C1CC1. The van der Waals surface area contributed by atoms with Crippen molar-refractivity contribution >= 4 is 27.3 Å². The van der Waals surface area contributed by atoms with Gasteiger partial charge in [0.1, 0.15) is 11.5 Å². The average molecular weight is 328 g/mol. The van der Waals surface area contributed by atoms with E-state index in [2.05, 4.69) is 15.9 Å². The summed E-state index contributed by atoms with van der Waals surface area (Å²) in [7, 11) is 0. The summed E-state index contributed by atoms with van der Waals surface area (Å²) in [6.45, 7) is 0.417. The summed E-state index contributed by atoms with van der Waals surface area (Å²) >= 11 is 3.05. The zero-order valence-corrected chi connectivity index (χ0v) is 11.6. The predicted octanol–water partition coefficient (Wildman–Crippen LogP) is 3.38. The molecule has 0 unspecified atom stereocenters. The maximum atomic E-state index is 13.4. The molecule has 1 aromatic carbocycles. The van der Waals surface area contributed by atoms with Crippen LogP contribution in [0, 0.1) is 27.3 Å². The van der Waals surface area contributed by atoms with E-state index < -0.39 is 10.7 Å². The molecule has 0 aromatic heterocycles. The zero-order chi connectivity index (χ0) is 14.0. The minimum atomic E-state index is -0.661. The highest BCUT2D eigenvalue weighted by Gasteiger charge is 2.33. The fourth-order valence-corrected chi connectivity index (χ4v) is 2.29. The Balaban J connectivity index is 2.42. The van der Waals surface area contributed by atoms with Crippen molar-refractivity contribution in [2.24, 2.45) is 0 Å². The topological polar surface area (TPSA) is 70.2 Å². The minimum Gasteiger partial charge on any atom is -0.362 e. The monoisotopic (exact) mass is 327 g/mol. The number of anilines is 1. The molecule has 0 aliphatic heterocycles. The first-order chi connectivity index (χ1) is 9.04. The summed E-state index contributed by atoms with van der Waals surface area (Å²) < 4.78 is 13.6. The molecule has 7 heteroatoms. The molecule has 1 saturated carbocycles. The van der Waals surface area contributed by atoms with Crippen molar-refractivity contribution in [2.75, 3.05) is 11.4 Å². The molecule has 1 aliphatic carbocycles. The van der Waals surface area contributed by atoms with Gasteiger partial charge in [0.2, 0.25) is 0 Å². The van der Waals surface area contributed by atoms with E-state index in [1.807, 2.05) is 11.0 Å². The molecule has 0 heterocycles. The summed E-state index contributed by atoms with van der Waals surface area (Å²) in [4.78, 5) is 12.3. The Morgan fingerprint density at radius 2 is 2.26 bits per heavy atom. The van der Waals surface area contributed by atoms with Gasteiger partial charge in [0, 0.05) is 12.6 Å². The Morgan fingerprint density at radius 1 is 1.58 bits per heavy atom. The maximum Gasteiger partial charge on any atom is 0.295 e. The fraction of sp³-hybridized carbons (Fsp3) is 0.417. The van der Waals surface area contributed by atoms with Crippen molar-refractivity contribution in [1.82, 2.24) is 0 Å². The van der Waals surface area contributed by atoms with E-state index in [4.69, 9.17) is 5.26 Å². The number of nitro groups is 1. The lowest BCUT2D eigenvalue weighted by molar-refractivity contribution is -0.384. The van der Waals surface area contributed by atoms with Crippen molar-refractivity contribution < 1.29 is 9.31 Å². The van der Waals surface area contributed by atoms with Gasteiger partial charge in [-0.3, -0.25) is 10.1 Å². The highest BCUT2D eigenvalue weighted by molar-refractivity contribution is 9.10. The molecular weight excluding hydrogens is 317 g/mol. The van der Waals surface area contributed by atoms with Crippen molar-refractivity contribution in [3.05, 3.63) is 32.5 Å². The van der Waals surface area contributed by atoms with Crippen LogP contribution in [0.25, 0.3) is 0 Å². The molecule has 0 saturated heterocycles. The number of rotatable bonds is 5. The van der Waals surface area contributed by atoms with Crippen molar-refractivity contribution in [3.8, 4) is 6.07 Å². The largest absolute Gasteiger partial charge is 0.362 e. The average Bonchev–Trinajstić information content (AvgIpc) is 3.17. The van der Waals surface area contributed by atoms with Crippen LogP contribution in [0.2, 0.25) is 0 Å². The summed E-state index contributed by atoms with van der Waals surface area (Å²) in [5.41, 5.74) is 0.113. The molecular formula is C12H11BrFN3O2. The first-order valence-electron chi connectivity index (χ1n) is 5.81. The van der Waals surface area contributed by atoms with Crippen LogP contribution < -0.4 is 4.90 Å². The van der Waals surface area contributed by atoms with Gasteiger partial charge in [-0.05, 0) is 34.8 Å². The number of nitrogens with zero attached hydrogens (tertiary/aromatic N) is 3. The van der Waals surface area contributed by atoms with Crippen molar-refractivity contribution in [2.45, 2.75) is 25.3 Å². The van der Waals surface area contributed by atoms with E-state index in [-0.39, 0.29) is 22.6 Å². The molecule has 1 fully saturated rings. The van der Waals surface area contributed by atoms with Gasteiger partial charge < -0.3 is 4.90 Å². The lowest BCUT2D eigenvalue weighted by Gasteiger charge is -2.23. The van der Waals surface area contributed by atoms with Gasteiger partial charge in [-0.1, -0.05) is 0 Å². The smallest absolute Gasteiger partial charge is 0.295 e. The Labute approximate surface area is 117 Å². The molecule has 2 rings (SSSR count). The van der Waals surface area contributed by atoms with Gasteiger partial charge in [-0.15, -0.1) is 0 Å². The third-order valence-electron chi connectivity index (χ3n) is 2.98. The number of benzene rings is 1. The second kappa shape index (κ2) is 5.53. The maximum absolute atomic E-state index is 13.4. The third-order valence-corrected chi connectivity index (χ3v) is 3.58. The highest BCUT2D eigenvalue weighted by atomic mass is 79.9. The standard InChI is InChI=1S/C12H11BrFN3O2/c13-9-6-11(12(17(18)19)7-10(9)14)16(5-1-4-15)8-2-3-8/h6-8H,1-3,5H2. The number of hydrogen-bond acceptors (Lipinski definition) is 4. The van der Waals surface area contributed by atoms with Crippen LogP contribution in [0.15, 0.2) is 16.6 Å². The van der Waals surface area contributed by atoms with Gasteiger partial charge in [0.25, 0.3) is 5.69 Å². The molecule has 100 valence electrons. The third kappa shape index (κ3) is 3.01. The van der Waals surface area contributed by atoms with Crippen LogP contribution in [0.1, 0.15) is 19.3 Å². The molecule has 1 aliphatic rings. The van der Waals surface area contributed by atoms with Crippen LogP contribution in [-0.4, -0.2) is 17.5 Å². The summed E-state index contributed by atoms with van der Waals surface area (Å²) in [6, 6.07) is 4.58. The molecule has 0 bridgehead atoms. The molecule has 1 aromatic rings. The fourth-order valence-electron chi connectivity index (χ4n) is 1.96. The van der Waals surface area contributed by atoms with Gasteiger partial charge in [-0.25, -0.2) is 4.39 Å². The van der Waals surface area contributed by atoms with Crippen LogP contribution >= 0.6 is 15.9 Å². The summed E-state index contributed by atoms with van der Waals surface area (Å²) in [5, 5.41) is 19.7. The van der Waals surface area contributed by atoms with Gasteiger partial charge in [0.15, 0.2) is 0 Å². The van der Waals surface area contributed by atoms with Gasteiger partial charge in [0.05, 0.1) is 28.0 Å². The lowest BCUT2D eigenvalue weighted by Crippen LogP contribution is -2.27. The minimum absolute atomic E-state index is 0.190. The van der Waals surface area contributed by atoms with Crippen LogP contribution in [0.4, 0.5) is 15.8 Å². The van der Waals surface area contributed by atoms with E-state index in [9.17, 15) is 14.5 Å². The summed E-state index contributed by atoms with van der Waals surface area (Å²) in [5.74, 6) is -0.661. The Hall–Kier alpha value is -1.68. The second-order valence-corrected chi connectivity index (χ2v) is 5.20. The quantitative estimate of drug-likeness (QED) is 0.614. The van der Waals surface area contributed by atoms with Gasteiger partial charge >= 0.3 is 0 Å². The van der Waals surface area contributed by atoms with E-state index in [0.29, 0.717) is 12.2 Å². The molecule has 0 radical (unpaired) electrons. The van der Waals surface area contributed by atoms with E-state index in [1.165, 1.54) is 6.07 Å². The molecule has 19 heavy (non-hydrogen) atoms. The predicted molar refractivity (Wildman–Crippen MR) is 71.4 cm³/mol. The van der Waals surface area contributed by atoms with Crippen LogP contribution in [-0.2, 0) is 0 Å². The van der Waals surface area contributed by atoms with E-state index in [0.717, 1.165) is 18.9 Å². The van der Waals surface area contributed by atoms with Crippen molar-refractivity contribution in [3.63, 3.8) is 0 Å². The molecule has 5 nitrogen and oxygen atoms in total. The normalized spacial score (nSPS) is 13.9.